The van der Waals surface area contributed by atoms with E-state index >= 15 is 0 Å². The second-order valence-corrected chi connectivity index (χ2v) is 4.10. The van der Waals surface area contributed by atoms with Gasteiger partial charge in [-0.1, -0.05) is 13.8 Å². The summed E-state index contributed by atoms with van der Waals surface area (Å²) in [6.45, 7) is 6.48. The van der Waals surface area contributed by atoms with E-state index in [9.17, 15) is 0 Å². The van der Waals surface area contributed by atoms with Crippen LogP contribution in [0, 0.1) is 5.92 Å². The third kappa shape index (κ3) is 6.99. The lowest BCUT2D eigenvalue weighted by Gasteiger charge is -2.20. The summed E-state index contributed by atoms with van der Waals surface area (Å²) >= 11 is 0. The molecule has 0 bridgehead atoms. The topological polar surface area (TPSA) is 52.5 Å². The summed E-state index contributed by atoms with van der Waals surface area (Å²) < 4.78 is 0. The molecule has 3 heteroatoms. The van der Waals surface area contributed by atoms with Gasteiger partial charge in [-0.15, -0.1) is 0 Å². The van der Waals surface area contributed by atoms with Crippen LogP contribution < -0.4 is 5.32 Å². The average Bonchev–Trinajstić information content (AvgIpc) is 2.10. The first kappa shape index (κ1) is 12.9. The van der Waals surface area contributed by atoms with Crippen LogP contribution in [0.5, 0.6) is 0 Å². The van der Waals surface area contributed by atoms with Crippen LogP contribution in [-0.4, -0.2) is 35.5 Å². The van der Waals surface area contributed by atoms with Gasteiger partial charge in [0.2, 0.25) is 0 Å². The van der Waals surface area contributed by atoms with Crippen LogP contribution in [0.3, 0.4) is 0 Å². The normalized spacial score (nSPS) is 14.1. The van der Waals surface area contributed by atoms with E-state index in [0.717, 1.165) is 6.42 Å². The number of rotatable bonds is 7. The summed E-state index contributed by atoms with van der Waals surface area (Å²) in [7, 11) is 0. The van der Waals surface area contributed by atoms with Crippen molar-refractivity contribution in [1.29, 1.82) is 0 Å². The lowest BCUT2D eigenvalue weighted by atomic mass is 10.0. The number of hydrogen-bond donors (Lipinski definition) is 3. The van der Waals surface area contributed by atoms with Crippen molar-refractivity contribution in [3.05, 3.63) is 0 Å². The number of aliphatic hydroxyl groups excluding tert-OH is 2. The van der Waals surface area contributed by atoms with Crippen molar-refractivity contribution in [3.8, 4) is 0 Å². The van der Waals surface area contributed by atoms with Crippen LogP contribution in [0.25, 0.3) is 0 Å². The Balaban J connectivity index is 3.53. The first-order valence-electron chi connectivity index (χ1n) is 5.07. The second kappa shape index (κ2) is 7.30. The van der Waals surface area contributed by atoms with E-state index in [0.29, 0.717) is 12.0 Å². The highest BCUT2D eigenvalue weighted by Gasteiger charge is 2.09. The summed E-state index contributed by atoms with van der Waals surface area (Å²) in [5.41, 5.74) is 0. The standard InChI is InChI=1S/C10H23NO2/c1-8(2)4-5-9(3)11-10(6-12)7-13/h8-13H,4-7H2,1-3H3. The van der Waals surface area contributed by atoms with E-state index in [1.807, 2.05) is 0 Å². The molecule has 0 spiro atoms. The lowest BCUT2D eigenvalue weighted by molar-refractivity contribution is 0.161. The van der Waals surface area contributed by atoms with E-state index in [1.54, 1.807) is 0 Å². The van der Waals surface area contributed by atoms with Crippen LogP contribution in [0.1, 0.15) is 33.6 Å². The molecule has 13 heavy (non-hydrogen) atoms. The van der Waals surface area contributed by atoms with E-state index in [4.69, 9.17) is 10.2 Å². The van der Waals surface area contributed by atoms with Crippen LogP contribution in [-0.2, 0) is 0 Å². The van der Waals surface area contributed by atoms with Crippen LogP contribution >= 0.6 is 0 Å². The van der Waals surface area contributed by atoms with E-state index < -0.39 is 0 Å². The lowest BCUT2D eigenvalue weighted by Crippen LogP contribution is -2.41. The predicted octanol–water partition coefficient (Wildman–Crippen LogP) is 0.754. The minimum absolute atomic E-state index is 0.00250. The maximum atomic E-state index is 8.83. The molecule has 3 nitrogen and oxygen atoms in total. The molecular weight excluding hydrogens is 166 g/mol. The molecule has 0 amide bonds. The van der Waals surface area contributed by atoms with Gasteiger partial charge in [0.25, 0.3) is 0 Å². The molecule has 0 fully saturated rings. The van der Waals surface area contributed by atoms with Gasteiger partial charge in [0.05, 0.1) is 19.3 Å². The van der Waals surface area contributed by atoms with Gasteiger partial charge in [0, 0.05) is 6.04 Å². The molecule has 0 aliphatic rings. The van der Waals surface area contributed by atoms with E-state index in [-0.39, 0.29) is 19.3 Å². The minimum Gasteiger partial charge on any atom is -0.395 e. The van der Waals surface area contributed by atoms with Crippen molar-refractivity contribution >= 4 is 0 Å². The fraction of sp³-hybridized carbons (Fsp3) is 1.00. The molecule has 0 aromatic carbocycles. The Kier molecular flexibility index (Phi) is 7.23. The highest BCUT2D eigenvalue weighted by Crippen LogP contribution is 2.06. The number of nitrogens with one attached hydrogen (secondary N) is 1. The Morgan fingerprint density at radius 3 is 1.92 bits per heavy atom. The first-order valence-corrected chi connectivity index (χ1v) is 5.07. The van der Waals surface area contributed by atoms with Gasteiger partial charge in [-0.2, -0.15) is 0 Å². The number of aliphatic hydroxyl groups is 2. The maximum absolute atomic E-state index is 8.83. The largest absolute Gasteiger partial charge is 0.395 e. The number of hydrogen-bond acceptors (Lipinski definition) is 3. The fourth-order valence-corrected chi connectivity index (χ4v) is 1.23. The Morgan fingerprint density at radius 1 is 1.00 bits per heavy atom. The molecule has 0 aromatic heterocycles. The summed E-state index contributed by atoms with van der Waals surface area (Å²) in [6.07, 6.45) is 2.27. The average molecular weight is 189 g/mol. The zero-order chi connectivity index (χ0) is 10.3. The third-order valence-electron chi connectivity index (χ3n) is 2.14. The molecule has 0 aromatic rings. The Hall–Kier alpha value is -0.120. The Bertz CT molecular complexity index is 113. The molecule has 0 saturated heterocycles. The monoisotopic (exact) mass is 189 g/mol. The molecule has 0 heterocycles. The zero-order valence-electron chi connectivity index (χ0n) is 8.95. The van der Waals surface area contributed by atoms with Gasteiger partial charge < -0.3 is 15.5 Å². The molecule has 0 aliphatic carbocycles. The summed E-state index contributed by atoms with van der Waals surface area (Å²) in [6, 6.07) is 0.203. The zero-order valence-corrected chi connectivity index (χ0v) is 8.95. The van der Waals surface area contributed by atoms with Gasteiger partial charge in [-0.25, -0.2) is 0 Å². The molecular formula is C10H23NO2. The van der Waals surface area contributed by atoms with Gasteiger partial charge in [0.1, 0.15) is 0 Å². The van der Waals surface area contributed by atoms with Crippen molar-refractivity contribution in [1.82, 2.24) is 5.32 Å². The quantitative estimate of drug-likeness (QED) is 0.554. The van der Waals surface area contributed by atoms with E-state index in [2.05, 4.69) is 26.1 Å². The summed E-state index contributed by atoms with van der Waals surface area (Å²) in [4.78, 5) is 0. The molecule has 0 aliphatic heterocycles. The van der Waals surface area contributed by atoms with Gasteiger partial charge in [-0.05, 0) is 25.7 Å². The summed E-state index contributed by atoms with van der Waals surface area (Å²) in [5.74, 6) is 0.714. The van der Waals surface area contributed by atoms with Crippen molar-refractivity contribution in [3.63, 3.8) is 0 Å². The maximum Gasteiger partial charge on any atom is 0.0607 e. The Morgan fingerprint density at radius 2 is 1.54 bits per heavy atom. The van der Waals surface area contributed by atoms with Crippen molar-refractivity contribution in [2.45, 2.75) is 45.7 Å². The molecule has 0 rings (SSSR count). The predicted molar refractivity (Wildman–Crippen MR) is 54.6 cm³/mol. The highest BCUT2D eigenvalue weighted by molar-refractivity contribution is 4.69. The van der Waals surface area contributed by atoms with E-state index in [1.165, 1.54) is 6.42 Å². The molecule has 0 saturated carbocycles. The molecule has 1 atom stereocenters. The summed E-state index contributed by atoms with van der Waals surface area (Å²) in [5, 5.41) is 20.8. The van der Waals surface area contributed by atoms with Gasteiger partial charge >= 0.3 is 0 Å². The van der Waals surface area contributed by atoms with Crippen molar-refractivity contribution < 1.29 is 10.2 Å². The first-order chi connectivity index (χ1) is 6.10. The second-order valence-electron chi connectivity index (χ2n) is 4.10. The SMILES string of the molecule is CC(C)CCC(C)NC(CO)CO. The van der Waals surface area contributed by atoms with Crippen LogP contribution in [0.2, 0.25) is 0 Å². The van der Waals surface area contributed by atoms with Crippen molar-refractivity contribution in [2.75, 3.05) is 13.2 Å². The minimum atomic E-state index is -0.165. The molecule has 0 radical (unpaired) electrons. The smallest absolute Gasteiger partial charge is 0.0607 e. The molecule has 1 unspecified atom stereocenters. The van der Waals surface area contributed by atoms with Crippen LogP contribution in [0.4, 0.5) is 0 Å². The molecule has 80 valence electrons. The highest BCUT2D eigenvalue weighted by atomic mass is 16.3. The van der Waals surface area contributed by atoms with Crippen LogP contribution in [0.15, 0.2) is 0 Å². The molecule has 3 N–H and O–H groups in total. The van der Waals surface area contributed by atoms with Gasteiger partial charge in [0.15, 0.2) is 0 Å². The Labute approximate surface area is 81.2 Å². The van der Waals surface area contributed by atoms with Gasteiger partial charge in [-0.3, -0.25) is 0 Å². The fourth-order valence-electron chi connectivity index (χ4n) is 1.23. The third-order valence-corrected chi connectivity index (χ3v) is 2.14. The van der Waals surface area contributed by atoms with Crippen molar-refractivity contribution in [2.24, 2.45) is 5.92 Å².